The molecule has 0 fully saturated rings. The van der Waals surface area contributed by atoms with Gasteiger partial charge in [0.25, 0.3) is 0 Å². The molecule has 0 aliphatic rings. The zero-order valence-corrected chi connectivity index (χ0v) is 20.4. The summed E-state index contributed by atoms with van der Waals surface area (Å²) in [6.07, 6.45) is 0.368. The van der Waals surface area contributed by atoms with Crippen molar-refractivity contribution in [3.63, 3.8) is 0 Å². The fourth-order valence-corrected chi connectivity index (χ4v) is 0.571. The van der Waals surface area contributed by atoms with E-state index in [2.05, 4.69) is 11.3 Å². The number of hydrogen-bond acceptors (Lipinski definition) is 5. The molecule has 0 saturated carbocycles. The fourth-order valence-electron chi connectivity index (χ4n) is 0.571. The van der Waals surface area contributed by atoms with Gasteiger partial charge < -0.3 is 19.2 Å². The van der Waals surface area contributed by atoms with Crippen molar-refractivity contribution in [3.8, 4) is 0 Å². The van der Waals surface area contributed by atoms with Gasteiger partial charge in [0, 0.05) is 17.7 Å². The number of ether oxygens (including phenoxy) is 1. The minimum absolute atomic E-state index is 0. The van der Waals surface area contributed by atoms with E-state index in [4.69, 9.17) is 10.2 Å². The first-order chi connectivity index (χ1) is 7.32. The predicted octanol–water partition coefficient (Wildman–Crippen LogP) is -8.92. The van der Waals surface area contributed by atoms with E-state index in [-0.39, 0.29) is 158 Å². The first kappa shape index (κ1) is 29.5. The van der Waals surface area contributed by atoms with Crippen LogP contribution < -0.4 is 154 Å². The topological polar surface area (TPSA) is 118 Å². The van der Waals surface area contributed by atoms with Crippen molar-refractivity contribution in [1.29, 1.82) is 0 Å². The van der Waals surface area contributed by atoms with Gasteiger partial charge in [-0.3, -0.25) is 4.79 Å². The van der Waals surface area contributed by atoms with Crippen molar-refractivity contribution in [2.24, 2.45) is 0 Å². The van der Waals surface area contributed by atoms with Crippen LogP contribution in [0.3, 0.4) is 0 Å². The molecule has 92 valence electrons. The van der Waals surface area contributed by atoms with E-state index in [1.165, 1.54) is 0 Å². The van der Waals surface area contributed by atoms with E-state index in [1.807, 2.05) is 0 Å². The normalized spacial score (nSPS) is 8.21. The average molecular weight is 348 g/mol. The van der Waals surface area contributed by atoms with E-state index in [0.717, 1.165) is 0 Å². The summed E-state index contributed by atoms with van der Waals surface area (Å²) in [6, 6.07) is 0. The monoisotopic (exact) mass is 348 g/mol. The predicted molar refractivity (Wildman–Crippen MR) is 52.6 cm³/mol. The molecule has 0 saturated heterocycles. The molecule has 0 radical (unpaired) electrons. The minimum atomic E-state index is -1.38. The van der Waals surface area contributed by atoms with E-state index in [0.29, 0.717) is 12.2 Å². The number of hydrogen-bond donors (Lipinski definition) is 2. The number of carboxylic acids is 2. The van der Waals surface area contributed by atoms with Gasteiger partial charge in [0.15, 0.2) is 0 Å². The summed E-state index contributed by atoms with van der Waals surface area (Å²) in [6.45, 7) is 3.05. The Balaban J connectivity index is -0.0000000750. The molecular formula is C9H11K3O7. The molecule has 0 aromatic heterocycles. The second-order valence-corrected chi connectivity index (χ2v) is 2.55. The van der Waals surface area contributed by atoms with Gasteiger partial charge in [-0.15, -0.1) is 0 Å². The Morgan fingerprint density at radius 1 is 1.05 bits per heavy atom. The van der Waals surface area contributed by atoms with Gasteiger partial charge in [0.05, 0.1) is 6.42 Å². The van der Waals surface area contributed by atoms with Crippen molar-refractivity contribution >= 4 is 23.9 Å². The molecule has 7 nitrogen and oxygen atoms in total. The van der Waals surface area contributed by atoms with Crippen LogP contribution in [0, 0.1) is 0 Å². The van der Waals surface area contributed by atoms with Crippen LogP contribution in [0.4, 0.5) is 0 Å². The molecular weight excluding hydrogens is 337 g/mol. The van der Waals surface area contributed by atoms with E-state index >= 15 is 0 Å². The van der Waals surface area contributed by atoms with Crippen molar-refractivity contribution in [3.05, 3.63) is 24.3 Å². The van der Waals surface area contributed by atoms with Crippen LogP contribution in [0.2, 0.25) is 0 Å². The molecule has 2 N–H and O–H groups in total. The van der Waals surface area contributed by atoms with Crippen LogP contribution in [0.15, 0.2) is 24.3 Å². The second kappa shape index (κ2) is 16.8. The third kappa shape index (κ3) is 18.4. The number of esters is 2. The minimum Gasteiger partial charge on any atom is -1.00 e. The zero-order chi connectivity index (χ0) is 12.7. The quantitative estimate of drug-likeness (QED) is 0.219. The molecule has 19 heavy (non-hydrogen) atoms. The zero-order valence-electron chi connectivity index (χ0n) is 14.0. The summed E-state index contributed by atoms with van der Waals surface area (Å²) >= 11 is 0. The van der Waals surface area contributed by atoms with E-state index < -0.39 is 35.9 Å². The van der Waals surface area contributed by atoms with Crippen molar-refractivity contribution in [1.82, 2.24) is 0 Å². The molecule has 0 rings (SSSR count). The van der Waals surface area contributed by atoms with Crippen LogP contribution >= 0.6 is 0 Å². The van der Waals surface area contributed by atoms with Crippen LogP contribution in [0.1, 0.15) is 10.7 Å². The van der Waals surface area contributed by atoms with Crippen LogP contribution in [0.25, 0.3) is 0 Å². The summed E-state index contributed by atoms with van der Waals surface area (Å²) in [5.74, 6) is -5.07. The van der Waals surface area contributed by atoms with Gasteiger partial charge in [-0.25, -0.2) is 14.4 Å². The van der Waals surface area contributed by atoms with Crippen LogP contribution in [-0.4, -0.2) is 34.1 Å². The maximum atomic E-state index is 10.9. The molecule has 0 spiro atoms. The summed E-state index contributed by atoms with van der Waals surface area (Å²) in [7, 11) is 0. The molecule has 10 heteroatoms. The number of carbonyl (C=O) groups is 4. The van der Waals surface area contributed by atoms with Crippen LogP contribution in [-0.2, 0) is 23.9 Å². The van der Waals surface area contributed by atoms with Gasteiger partial charge in [-0.1, -0.05) is 6.58 Å². The number of carbonyl (C=O) groups excluding carboxylic acids is 2. The SMILES string of the molecule is C=C(CC(=O)OC(=O)/C=C\C(=O)O)C(=O)O.[H-].[H-].[H-].[K+].[K+].[K+]. The Hall–Kier alpha value is 2.47. The fraction of sp³-hybridized carbons (Fsp3) is 0.111. The Labute approximate surface area is 241 Å². The van der Waals surface area contributed by atoms with Gasteiger partial charge in [0.2, 0.25) is 0 Å². The number of carboxylic acid groups (broad SMARTS) is 2. The van der Waals surface area contributed by atoms with Crippen molar-refractivity contribution < 1.29 is 193 Å². The summed E-state index contributed by atoms with van der Waals surface area (Å²) in [5, 5.41) is 16.5. The maximum Gasteiger partial charge on any atom is 1.00 e. The first-order valence-electron chi connectivity index (χ1n) is 3.89. The Bertz CT molecular complexity index is 402. The molecule has 0 aliphatic heterocycles. The van der Waals surface area contributed by atoms with Crippen molar-refractivity contribution in [2.45, 2.75) is 6.42 Å². The summed E-state index contributed by atoms with van der Waals surface area (Å²) < 4.78 is 4.07. The number of rotatable bonds is 5. The Kier molecular flexibility index (Phi) is 26.1. The van der Waals surface area contributed by atoms with Gasteiger partial charge in [-0.2, -0.15) is 0 Å². The molecule has 0 aromatic carbocycles. The molecule has 0 amide bonds. The first-order valence-corrected chi connectivity index (χ1v) is 3.89. The smallest absolute Gasteiger partial charge is 1.00 e. The molecule has 0 heterocycles. The average Bonchev–Trinajstić information content (AvgIpc) is 2.14. The second-order valence-electron chi connectivity index (χ2n) is 2.55. The molecule has 0 unspecified atom stereocenters. The van der Waals surface area contributed by atoms with Gasteiger partial charge in [-0.05, 0) is 0 Å². The largest absolute Gasteiger partial charge is 1.00 e. The van der Waals surface area contributed by atoms with Crippen molar-refractivity contribution in [2.75, 3.05) is 0 Å². The van der Waals surface area contributed by atoms with E-state index in [9.17, 15) is 19.2 Å². The Morgan fingerprint density at radius 2 is 1.53 bits per heavy atom. The number of aliphatic carboxylic acids is 2. The summed E-state index contributed by atoms with van der Waals surface area (Å²) in [5.41, 5.74) is -0.431. The molecule has 0 aliphatic carbocycles. The molecule has 0 atom stereocenters. The maximum absolute atomic E-state index is 10.9. The third-order valence-corrected chi connectivity index (χ3v) is 1.24. The third-order valence-electron chi connectivity index (χ3n) is 1.24. The van der Waals surface area contributed by atoms with Gasteiger partial charge >= 0.3 is 178 Å². The van der Waals surface area contributed by atoms with E-state index in [1.54, 1.807) is 0 Å². The molecule has 0 aromatic rings. The Morgan fingerprint density at radius 3 is 1.89 bits per heavy atom. The van der Waals surface area contributed by atoms with Gasteiger partial charge in [0.1, 0.15) is 0 Å². The molecule has 0 bridgehead atoms. The summed E-state index contributed by atoms with van der Waals surface area (Å²) in [4.78, 5) is 41.8. The standard InChI is InChI=1S/C9H8O7.3K.3H/c1-5(9(14)15)4-8(13)16-7(12)3-2-6(10)11;;;;;;/h2-3H,1,4H2,(H,10,11)(H,14,15);;;;;;/q;3*+1;3*-1/b3-2-;;;;;;. The van der Waals surface area contributed by atoms with Crippen LogP contribution in [0.5, 0.6) is 0 Å².